The molecule has 0 bridgehead atoms. The van der Waals surface area contributed by atoms with Crippen LogP contribution in [0, 0.1) is 12.8 Å². The number of rotatable bonds is 9. The van der Waals surface area contributed by atoms with Crippen molar-refractivity contribution in [3.63, 3.8) is 0 Å². The second kappa shape index (κ2) is 11.8. The van der Waals surface area contributed by atoms with E-state index in [2.05, 4.69) is 41.4 Å². The summed E-state index contributed by atoms with van der Waals surface area (Å²) in [7, 11) is 0. The van der Waals surface area contributed by atoms with Crippen molar-refractivity contribution in [1.82, 2.24) is 10.2 Å². The van der Waals surface area contributed by atoms with Crippen LogP contribution in [0.4, 0.5) is 0 Å². The average Bonchev–Trinajstić information content (AvgIpc) is 3.34. The molecule has 2 atom stereocenters. The number of aliphatic carboxylic acids is 1. The Kier molecular flexibility index (Phi) is 8.79. The minimum absolute atomic E-state index is 0. The number of nitrogens with zero attached hydrogens (tertiary/aromatic N) is 2. The van der Waals surface area contributed by atoms with Crippen molar-refractivity contribution < 1.29 is 14.3 Å². The van der Waals surface area contributed by atoms with Crippen molar-refractivity contribution >= 4 is 18.4 Å². The van der Waals surface area contributed by atoms with Gasteiger partial charge in [-0.1, -0.05) is 61.5 Å². The fourth-order valence-corrected chi connectivity index (χ4v) is 4.16. The molecule has 182 valence electrons. The lowest BCUT2D eigenvalue weighted by atomic mass is 9.95. The summed E-state index contributed by atoms with van der Waals surface area (Å²) in [5.41, 5.74) is 12.0. The lowest BCUT2D eigenvalue weighted by Gasteiger charge is -2.15. The maximum absolute atomic E-state index is 11.0. The molecule has 35 heavy (non-hydrogen) atoms. The molecule has 0 amide bonds. The molecular formula is C28H30ClN3O3. The number of hydrogen-bond donors (Lipinski definition) is 2. The zero-order valence-corrected chi connectivity index (χ0v) is 20.7. The first-order valence-electron chi connectivity index (χ1n) is 11.5. The molecule has 6 nitrogen and oxygen atoms in total. The van der Waals surface area contributed by atoms with Crippen LogP contribution >= 0.6 is 12.4 Å². The van der Waals surface area contributed by atoms with Gasteiger partial charge in [-0.05, 0) is 72.6 Å². The number of benzene rings is 3. The zero-order chi connectivity index (χ0) is 24.1. The Labute approximate surface area is 211 Å². The Morgan fingerprint density at radius 2 is 1.60 bits per heavy atom. The Morgan fingerprint density at radius 3 is 2.34 bits per heavy atom. The number of carbonyl (C=O) groups is 1. The van der Waals surface area contributed by atoms with Gasteiger partial charge in [-0.15, -0.1) is 22.6 Å². The van der Waals surface area contributed by atoms with Gasteiger partial charge >= 0.3 is 5.97 Å². The first-order valence-corrected chi connectivity index (χ1v) is 11.5. The van der Waals surface area contributed by atoms with Crippen LogP contribution in [0.3, 0.4) is 0 Å². The Hall–Kier alpha value is -3.48. The summed E-state index contributed by atoms with van der Waals surface area (Å²) in [6, 6.07) is 23.5. The quantitative estimate of drug-likeness (QED) is 0.290. The lowest BCUT2D eigenvalue weighted by molar-refractivity contribution is -0.139. The van der Waals surface area contributed by atoms with Crippen LogP contribution in [0.1, 0.15) is 30.9 Å². The summed E-state index contributed by atoms with van der Waals surface area (Å²) >= 11 is 0. The maximum atomic E-state index is 11.0. The number of hydrogen-bond acceptors (Lipinski definition) is 5. The van der Waals surface area contributed by atoms with Gasteiger partial charge in [0, 0.05) is 11.1 Å². The van der Waals surface area contributed by atoms with E-state index in [0.29, 0.717) is 11.8 Å². The van der Waals surface area contributed by atoms with Crippen LogP contribution in [0.25, 0.3) is 34.0 Å². The summed E-state index contributed by atoms with van der Waals surface area (Å²) in [5.74, 6) is -0.0601. The van der Waals surface area contributed by atoms with E-state index in [9.17, 15) is 4.79 Å². The summed E-state index contributed by atoms with van der Waals surface area (Å²) in [6.45, 7) is 3.95. The average molecular weight is 492 g/mol. The number of halogens is 1. The second-order valence-electron chi connectivity index (χ2n) is 8.69. The third-order valence-corrected chi connectivity index (χ3v) is 6.27. The van der Waals surface area contributed by atoms with Gasteiger partial charge < -0.3 is 15.3 Å². The molecule has 0 aliphatic rings. The molecule has 0 unspecified atom stereocenters. The van der Waals surface area contributed by atoms with Crippen molar-refractivity contribution in [2.24, 2.45) is 11.7 Å². The van der Waals surface area contributed by atoms with E-state index in [1.807, 2.05) is 55.5 Å². The molecule has 0 radical (unpaired) electrons. The van der Waals surface area contributed by atoms with Crippen LogP contribution < -0.4 is 5.73 Å². The SMILES string of the molecule is Cc1c(-c2ccccc2)cccc1-c1nnc(-c2cccc(CCC[C@H](C)[C@H](N)C(=O)O)c2)o1.Cl. The third kappa shape index (κ3) is 6.15. The monoisotopic (exact) mass is 491 g/mol. The largest absolute Gasteiger partial charge is 0.480 e. The number of carboxylic acids is 1. The molecule has 0 spiro atoms. The number of carboxylic acid groups (broad SMARTS) is 1. The summed E-state index contributed by atoms with van der Waals surface area (Å²) in [4.78, 5) is 11.0. The molecule has 0 saturated carbocycles. The molecule has 1 aromatic heterocycles. The molecule has 0 aliphatic heterocycles. The molecule has 0 fully saturated rings. The van der Waals surface area contributed by atoms with E-state index >= 15 is 0 Å². The van der Waals surface area contributed by atoms with Gasteiger partial charge in [-0.3, -0.25) is 4.79 Å². The van der Waals surface area contributed by atoms with E-state index in [-0.39, 0.29) is 18.3 Å². The van der Waals surface area contributed by atoms with Gasteiger partial charge in [0.15, 0.2) is 0 Å². The van der Waals surface area contributed by atoms with E-state index < -0.39 is 12.0 Å². The highest BCUT2D eigenvalue weighted by Crippen LogP contribution is 2.32. The molecule has 4 rings (SSSR count). The highest BCUT2D eigenvalue weighted by Gasteiger charge is 2.19. The van der Waals surface area contributed by atoms with Crippen molar-refractivity contribution in [2.45, 2.75) is 39.2 Å². The second-order valence-corrected chi connectivity index (χ2v) is 8.69. The summed E-state index contributed by atoms with van der Waals surface area (Å²) in [5, 5.41) is 17.7. The minimum atomic E-state index is -0.953. The van der Waals surface area contributed by atoms with Crippen LogP contribution in [0.15, 0.2) is 77.2 Å². The molecule has 4 aromatic rings. The predicted octanol–water partition coefficient (Wildman–Crippen LogP) is 6.17. The van der Waals surface area contributed by atoms with Gasteiger partial charge in [0.2, 0.25) is 11.8 Å². The van der Waals surface area contributed by atoms with Gasteiger partial charge in [-0.2, -0.15) is 0 Å². The van der Waals surface area contributed by atoms with E-state index in [0.717, 1.165) is 52.6 Å². The zero-order valence-electron chi connectivity index (χ0n) is 19.8. The fraction of sp³-hybridized carbons (Fsp3) is 0.250. The van der Waals surface area contributed by atoms with E-state index in [1.54, 1.807) is 0 Å². The smallest absolute Gasteiger partial charge is 0.320 e. The molecule has 3 N–H and O–H groups in total. The fourth-order valence-electron chi connectivity index (χ4n) is 4.16. The molecule has 0 aliphatic carbocycles. The molecular weight excluding hydrogens is 462 g/mol. The molecule has 7 heteroatoms. The Morgan fingerprint density at radius 1 is 0.943 bits per heavy atom. The Bertz CT molecular complexity index is 1270. The summed E-state index contributed by atoms with van der Waals surface area (Å²) < 4.78 is 6.08. The van der Waals surface area contributed by atoms with Crippen molar-refractivity contribution in [1.29, 1.82) is 0 Å². The van der Waals surface area contributed by atoms with Gasteiger partial charge in [-0.25, -0.2) is 0 Å². The third-order valence-electron chi connectivity index (χ3n) is 6.27. The standard InChI is InChI=1S/C28H29N3O3.ClH/c1-18(25(29)28(32)33)9-6-10-20-11-7-14-22(17-20)26-30-31-27(34-26)24-16-8-15-23(19(24)2)21-12-4-3-5-13-21;/h3-5,7-8,11-18,25H,6,9-10,29H2,1-2H3,(H,32,33);1H/t18-,25-;/m0./s1. The molecule has 3 aromatic carbocycles. The highest BCUT2D eigenvalue weighted by molar-refractivity contribution is 5.85. The van der Waals surface area contributed by atoms with Crippen LogP contribution in [-0.2, 0) is 11.2 Å². The maximum Gasteiger partial charge on any atom is 0.320 e. The van der Waals surface area contributed by atoms with E-state index in [4.69, 9.17) is 15.3 Å². The van der Waals surface area contributed by atoms with Crippen LogP contribution in [-0.4, -0.2) is 27.3 Å². The topological polar surface area (TPSA) is 102 Å². The highest BCUT2D eigenvalue weighted by atomic mass is 35.5. The van der Waals surface area contributed by atoms with Crippen LogP contribution in [0.5, 0.6) is 0 Å². The Balaban J connectivity index is 0.00000342. The number of nitrogens with two attached hydrogens (primary N) is 1. The van der Waals surface area contributed by atoms with Gasteiger partial charge in [0.1, 0.15) is 6.04 Å². The van der Waals surface area contributed by atoms with Crippen molar-refractivity contribution in [2.75, 3.05) is 0 Å². The first-order chi connectivity index (χ1) is 16.4. The minimum Gasteiger partial charge on any atom is -0.480 e. The van der Waals surface area contributed by atoms with Crippen LogP contribution in [0.2, 0.25) is 0 Å². The van der Waals surface area contributed by atoms with Crippen molar-refractivity contribution in [3.05, 3.63) is 83.9 Å². The van der Waals surface area contributed by atoms with E-state index in [1.165, 1.54) is 0 Å². The van der Waals surface area contributed by atoms with Gasteiger partial charge in [0.05, 0.1) is 0 Å². The summed E-state index contributed by atoms with van der Waals surface area (Å²) in [6.07, 6.45) is 2.43. The number of aromatic nitrogens is 2. The first kappa shape index (κ1) is 26.1. The lowest BCUT2D eigenvalue weighted by Crippen LogP contribution is -2.36. The molecule has 1 heterocycles. The molecule has 0 saturated heterocycles. The predicted molar refractivity (Wildman–Crippen MR) is 140 cm³/mol. The number of aryl methyl sites for hydroxylation is 1. The van der Waals surface area contributed by atoms with Gasteiger partial charge in [0.25, 0.3) is 0 Å². The normalized spacial score (nSPS) is 12.5. The van der Waals surface area contributed by atoms with Crippen molar-refractivity contribution in [3.8, 4) is 34.0 Å².